The van der Waals surface area contributed by atoms with Crippen molar-refractivity contribution in [3.05, 3.63) is 69.9 Å². The number of hydrogen-bond acceptors (Lipinski definition) is 3. The van der Waals surface area contributed by atoms with Gasteiger partial charge in [-0.2, -0.15) is 0 Å². The average Bonchev–Trinajstić information content (AvgIpc) is 2.65. The highest BCUT2D eigenvalue weighted by Crippen LogP contribution is 2.43. The van der Waals surface area contributed by atoms with Crippen LogP contribution in [0.5, 0.6) is 0 Å². The summed E-state index contributed by atoms with van der Waals surface area (Å²) >= 11 is 0. The van der Waals surface area contributed by atoms with Crippen molar-refractivity contribution < 1.29 is 17.3 Å². The van der Waals surface area contributed by atoms with Crippen LogP contribution in [0.3, 0.4) is 0 Å². The Kier molecular flexibility index (Phi) is 5.44. The van der Waals surface area contributed by atoms with Crippen molar-refractivity contribution >= 4 is 16.6 Å². The molecular formula is C23H24ClN2O2-. The molecule has 2 aromatic carbocycles. The molecule has 1 aromatic heterocycles. The van der Waals surface area contributed by atoms with Gasteiger partial charge in [-0.05, 0) is 53.4 Å². The van der Waals surface area contributed by atoms with Gasteiger partial charge in [0.15, 0.2) is 0 Å². The first-order valence-corrected chi connectivity index (χ1v) is 9.50. The molecule has 0 aliphatic heterocycles. The lowest BCUT2D eigenvalue weighted by Crippen LogP contribution is -3.00. The maximum absolute atomic E-state index is 11.3. The van der Waals surface area contributed by atoms with E-state index in [1.807, 2.05) is 18.2 Å². The highest BCUT2D eigenvalue weighted by molar-refractivity contribution is 5.98. The summed E-state index contributed by atoms with van der Waals surface area (Å²) in [6.45, 7) is 6.89. The summed E-state index contributed by atoms with van der Waals surface area (Å²) in [6, 6.07) is 15.3. The van der Waals surface area contributed by atoms with E-state index in [0.717, 1.165) is 47.0 Å². The van der Waals surface area contributed by atoms with Crippen molar-refractivity contribution in [3.8, 4) is 11.1 Å². The van der Waals surface area contributed by atoms with E-state index in [9.17, 15) is 10.1 Å². The van der Waals surface area contributed by atoms with Crippen molar-refractivity contribution in [1.29, 1.82) is 0 Å². The third kappa shape index (κ3) is 3.61. The van der Waals surface area contributed by atoms with Crippen molar-refractivity contribution in [3.63, 3.8) is 0 Å². The van der Waals surface area contributed by atoms with Crippen LogP contribution in [-0.2, 0) is 12.8 Å². The summed E-state index contributed by atoms with van der Waals surface area (Å²) in [5.41, 5.74) is 5.82. The van der Waals surface area contributed by atoms with Gasteiger partial charge in [0.2, 0.25) is 0 Å². The van der Waals surface area contributed by atoms with Crippen molar-refractivity contribution in [2.45, 2.75) is 40.0 Å². The van der Waals surface area contributed by atoms with E-state index < -0.39 is 0 Å². The predicted octanol–water partition coefficient (Wildman–Crippen LogP) is 2.97. The zero-order valence-electron chi connectivity index (χ0n) is 16.4. The Morgan fingerprint density at radius 3 is 2.46 bits per heavy atom. The van der Waals surface area contributed by atoms with Crippen LogP contribution >= 0.6 is 0 Å². The summed E-state index contributed by atoms with van der Waals surface area (Å²) in [5, 5.41) is 12.2. The monoisotopic (exact) mass is 395 g/mol. The lowest BCUT2D eigenvalue weighted by molar-refractivity contribution is -0.384. The van der Waals surface area contributed by atoms with Crippen LogP contribution in [0.25, 0.3) is 22.0 Å². The first kappa shape index (κ1) is 20.3. The molecule has 0 N–H and O–H groups in total. The van der Waals surface area contributed by atoms with Gasteiger partial charge in [0, 0.05) is 23.2 Å². The summed E-state index contributed by atoms with van der Waals surface area (Å²) in [6.07, 6.45) is 3.06. The molecule has 0 saturated heterocycles. The van der Waals surface area contributed by atoms with Crippen LogP contribution in [0.2, 0.25) is 0 Å². The largest absolute Gasteiger partial charge is 1.00 e. The van der Waals surface area contributed by atoms with E-state index in [-0.39, 0.29) is 28.4 Å². The molecule has 0 fully saturated rings. The van der Waals surface area contributed by atoms with Gasteiger partial charge >= 0.3 is 0 Å². The number of hydrogen-bond donors (Lipinski definition) is 0. The highest BCUT2D eigenvalue weighted by Gasteiger charge is 2.31. The molecule has 1 aliphatic carbocycles. The molecule has 28 heavy (non-hydrogen) atoms. The van der Waals surface area contributed by atoms with Gasteiger partial charge in [-0.3, -0.25) is 15.1 Å². The Labute approximate surface area is 171 Å². The predicted molar refractivity (Wildman–Crippen MR) is 109 cm³/mol. The standard InChI is InChI=1S/C23H24N2O2.ClH/c1-23(2,3)16-9-11-20-18(13-16)22(15-7-5-4-6-8-15)19-14-17(25(26)27)10-12-21(19)24-20;/h4-8,10,12,14,16H,9,11,13H2,1-3H3;1H/p-1. The Morgan fingerprint density at radius 1 is 1.11 bits per heavy atom. The Balaban J connectivity index is 0.00000225. The minimum atomic E-state index is -0.328. The van der Waals surface area contributed by atoms with Gasteiger partial charge in [0.1, 0.15) is 0 Å². The fraction of sp³-hybridized carbons (Fsp3) is 0.348. The summed E-state index contributed by atoms with van der Waals surface area (Å²) in [5.74, 6) is 0.574. The van der Waals surface area contributed by atoms with E-state index in [0.29, 0.717) is 5.92 Å². The Hall–Kier alpha value is -2.46. The molecule has 1 unspecified atom stereocenters. The first-order valence-electron chi connectivity index (χ1n) is 9.50. The fourth-order valence-electron chi connectivity index (χ4n) is 4.21. The number of fused-ring (bicyclic) bond motifs is 2. The van der Waals surface area contributed by atoms with Crippen LogP contribution in [0, 0.1) is 21.4 Å². The number of aromatic nitrogens is 1. The number of nitrogens with zero attached hydrogens (tertiary/aromatic N) is 2. The third-order valence-corrected chi connectivity index (χ3v) is 5.83. The molecule has 1 atom stereocenters. The van der Waals surface area contributed by atoms with Gasteiger partial charge in [-0.15, -0.1) is 0 Å². The average molecular weight is 396 g/mol. The molecule has 1 aliphatic rings. The Morgan fingerprint density at radius 2 is 1.82 bits per heavy atom. The normalized spacial score (nSPS) is 16.3. The SMILES string of the molecule is CC(C)(C)C1CCc2nc3ccc([N+](=O)[O-])cc3c(-c3ccccc3)c2C1.[Cl-]. The Bertz CT molecular complexity index is 1030. The van der Waals surface area contributed by atoms with Crippen LogP contribution in [0.1, 0.15) is 38.4 Å². The van der Waals surface area contributed by atoms with E-state index in [1.165, 1.54) is 5.56 Å². The van der Waals surface area contributed by atoms with Crippen molar-refractivity contribution in [1.82, 2.24) is 4.98 Å². The number of benzene rings is 2. The van der Waals surface area contributed by atoms with Gasteiger partial charge in [0.25, 0.3) is 5.69 Å². The number of rotatable bonds is 2. The molecule has 3 aromatic rings. The second-order valence-electron chi connectivity index (χ2n) is 8.54. The molecule has 4 nitrogen and oxygen atoms in total. The number of nitro groups is 1. The van der Waals surface area contributed by atoms with E-state index >= 15 is 0 Å². The van der Waals surface area contributed by atoms with E-state index in [2.05, 4.69) is 32.9 Å². The summed E-state index contributed by atoms with van der Waals surface area (Å²) in [4.78, 5) is 15.9. The third-order valence-electron chi connectivity index (χ3n) is 5.83. The maximum atomic E-state index is 11.3. The molecule has 5 heteroatoms. The topological polar surface area (TPSA) is 56.0 Å². The summed E-state index contributed by atoms with van der Waals surface area (Å²) < 4.78 is 0. The minimum absolute atomic E-state index is 0. The molecular weight excluding hydrogens is 372 g/mol. The quantitative estimate of drug-likeness (QED) is 0.495. The van der Waals surface area contributed by atoms with Crippen LogP contribution in [0.15, 0.2) is 48.5 Å². The van der Waals surface area contributed by atoms with Gasteiger partial charge in [-0.25, -0.2) is 0 Å². The van der Waals surface area contributed by atoms with Crippen LogP contribution in [-0.4, -0.2) is 9.91 Å². The number of halogens is 1. The fourth-order valence-corrected chi connectivity index (χ4v) is 4.21. The molecule has 0 spiro atoms. The number of nitro benzene ring substituents is 1. The molecule has 1 heterocycles. The van der Waals surface area contributed by atoms with Crippen molar-refractivity contribution in [2.75, 3.05) is 0 Å². The smallest absolute Gasteiger partial charge is 0.270 e. The van der Waals surface area contributed by atoms with Crippen LogP contribution < -0.4 is 12.4 Å². The van der Waals surface area contributed by atoms with E-state index in [4.69, 9.17) is 4.98 Å². The molecule has 4 rings (SSSR count). The number of non-ortho nitro benzene ring substituents is 1. The second kappa shape index (κ2) is 7.51. The molecule has 0 saturated carbocycles. The molecule has 146 valence electrons. The minimum Gasteiger partial charge on any atom is -1.00 e. The van der Waals surface area contributed by atoms with E-state index in [1.54, 1.807) is 18.2 Å². The highest BCUT2D eigenvalue weighted by atomic mass is 35.5. The van der Waals surface area contributed by atoms with Gasteiger partial charge < -0.3 is 12.4 Å². The molecule has 0 bridgehead atoms. The molecule has 0 radical (unpaired) electrons. The zero-order valence-corrected chi connectivity index (χ0v) is 17.2. The van der Waals surface area contributed by atoms with Gasteiger partial charge in [0.05, 0.1) is 10.4 Å². The lowest BCUT2D eigenvalue weighted by Gasteiger charge is -2.35. The zero-order chi connectivity index (χ0) is 19.2. The van der Waals surface area contributed by atoms with Gasteiger partial charge in [-0.1, -0.05) is 51.1 Å². The van der Waals surface area contributed by atoms with Crippen molar-refractivity contribution in [2.24, 2.45) is 11.3 Å². The second-order valence-corrected chi connectivity index (χ2v) is 8.54. The summed E-state index contributed by atoms with van der Waals surface area (Å²) in [7, 11) is 0. The number of aryl methyl sites for hydroxylation is 1. The van der Waals surface area contributed by atoms with Crippen LogP contribution in [0.4, 0.5) is 5.69 Å². The maximum Gasteiger partial charge on any atom is 0.270 e. The number of pyridine rings is 1. The first-order chi connectivity index (χ1) is 12.8. The lowest BCUT2D eigenvalue weighted by atomic mass is 9.70. The molecule has 0 amide bonds.